The number of benzene rings is 1. The number of carbonyl (C=O) groups excluding carboxylic acids is 1. The summed E-state index contributed by atoms with van der Waals surface area (Å²) in [6.45, 7) is 2.16. The second kappa shape index (κ2) is 5.32. The summed E-state index contributed by atoms with van der Waals surface area (Å²) in [4.78, 5) is 11.4. The number of ether oxygens (including phenoxy) is 1. The van der Waals surface area contributed by atoms with E-state index in [1.165, 1.54) is 6.42 Å². The topological polar surface area (TPSA) is 46.5 Å². The molecule has 17 heavy (non-hydrogen) atoms. The number of hydrogen-bond donors (Lipinski definition) is 1. The van der Waals surface area contributed by atoms with Crippen LogP contribution in [0.2, 0.25) is 0 Å². The molecular formula is C14H18O3. The molecule has 1 aromatic carbocycles. The summed E-state index contributed by atoms with van der Waals surface area (Å²) >= 11 is 0. The van der Waals surface area contributed by atoms with Crippen molar-refractivity contribution in [1.29, 1.82) is 0 Å². The lowest BCUT2D eigenvalue weighted by atomic mass is 9.79. The summed E-state index contributed by atoms with van der Waals surface area (Å²) in [6.07, 6.45) is 3.02. The number of esters is 1. The highest BCUT2D eigenvalue weighted by molar-refractivity contribution is 5.89. The number of hydrogen-bond acceptors (Lipinski definition) is 3. The van der Waals surface area contributed by atoms with Crippen LogP contribution >= 0.6 is 0 Å². The van der Waals surface area contributed by atoms with Gasteiger partial charge in [0.2, 0.25) is 0 Å². The van der Waals surface area contributed by atoms with Crippen LogP contribution in [0.5, 0.6) is 0 Å². The molecule has 0 amide bonds. The maximum Gasteiger partial charge on any atom is 0.338 e. The average Bonchev–Trinajstić information content (AvgIpc) is 2.27. The van der Waals surface area contributed by atoms with Crippen molar-refractivity contribution in [3.8, 4) is 0 Å². The number of aliphatic hydroxyl groups is 1. The van der Waals surface area contributed by atoms with E-state index in [0.29, 0.717) is 18.1 Å². The van der Waals surface area contributed by atoms with Crippen LogP contribution in [0, 0.1) is 5.92 Å². The van der Waals surface area contributed by atoms with Crippen molar-refractivity contribution in [2.75, 3.05) is 6.61 Å². The minimum Gasteiger partial charge on any atom is -0.462 e. The first-order valence-corrected chi connectivity index (χ1v) is 6.17. The predicted octanol–water partition coefficient (Wildman–Crippen LogP) is 2.70. The smallest absolute Gasteiger partial charge is 0.338 e. The molecule has 1 N–H and O–H groups in total. The third kappa shape index (κ3) is 2.67. The lowest BCUT2D eigenvalue weighted by Gasteiger charge is -2.30. The molecule has 1 aliphatic rings. The number of carbonyl (C=O) groups is 1. The molecule has 92 valence electrons. The van der Waals surface area contributed by atoms with Crippen molar-refractivity contribution in [2.45, 2.75) is 32.3 Å². The van der Waals surface area contributed by atoms with Crippen LogP contribution in [-0.4, -0.2) is 17.7 Å². The standard InChI is InChI=1S/C14H18O3/c1-2-17-14(16)12-8-6-11(7-9-12)13(15)10-4-3-5-10/h6-10,13,15H,2-5H2,1H3. The van der Waals surface area contributed by atoms with Gasteiger partial charge in [0.05, 0.1) is 18.3 Å². The largest absolute Gasteiger partial charge is 0.462 e. The third-order valence-electron chi connectivity index (χ3n) is 3.36. The SMILES string of the molecule is CCOC(=O)c1ccc(C(O)C2CCC2)cc1. The molecule has 3 nitrogen and oxygen atoms in total. The van der Waals surface area contributed by atoms with Gasteiger partial charge in [0, 0.05) is 0 Å². The highest BCUT2D eigenvalue weighted by atomic mass is 16.5. The Kier molecular flexibility index (Phi) is 3.79. The van der Waals surface area contributed by atoms with Crippen molar-refractivity contribution in [3.63, 3.8) is 0 Å². The molecule has 1 aliphatic carbocycles. The highest BCUT2D eigenvalue weighted by Gasteiger charge is 2.26. The summed E-state index contributed by atoms with van der Waals surface area (Å²) in [6, 6.07) is 7.06. The Bertz CT molecular complexity index is 379. The molecule has 1 atom stereocenters. The van der Waals surface area contributed by atoms with Crippen LogP contribution in [0.1, 0.15) is 48.2 Å². The fourth-order valence-corrected chi connectivity index (χ4v) is 2.06. The Labute approximate surface area is 101 Å². The van der Waals surface area contributed by atoms with Gasteiger partial charge in [-0.1, -0.05) is 18.6 Å². The van der Waals surface area contributed by atoms with Crippen LogP contribution in [0.15, 0.2) is 24.3 Å². The molecule has 0 bridgehead atoms. The Hall–Kier alpha value is -1.35. The lowest BCUT2D eigenvalue weighted by Crippen LogP contribution is -2.20. The number of rotatable bonds is 4. The fourth-order valence-electron chi connectivity index (χ4n) is 2.06. The highest BCUT2D eigenvalue weighted by Crippen LogP contribution is 2.37. The van der Waals surface area contributed by atoms with Crippen molar-refractivity contribution >= 4 is 5.97 Å². The zero-order valence-electron chi connectivity index (χ0n) is 10.1. The van der Waals surface area contributed by atoms with E-state index in [9.17, 15) is 9.90 Å². The van der Waals surface area contributed by atoms with E-state index in [2.05, 4.69) is 0 Å². The first-order valence-electron chi connectivity index (χ1n) is 6.17. The van der Waals surface area contributed by atoms with Gasteiger partial charge in [-0.25, -0.2) is 4.79 Å². The van der Waals surface area contributed by atoms with E-state index in [1.807, 2.05) is 12.1 Å². The van der Waals surface area contributed by atoms with Crippen LogP contribution in [0.25, 0.3) is 0 Å². The normalized spacial score (nSPS) is 17.3. The quantitative estimate of drug-likeness (QED) is 0.815. The third-order valence-corrected chi connectivity index (χ3v) is 3.36. The lowest BCUT2D eigenvalue weighted by molar-refractivity contribution is 0.0524. The Balaban J connectivity index is 2.04. The summed E-state index contributed by atoms with van der Waals surface area (Å²) in [5.41, 5.74) is 1.43. The number of aliphatic hydroxyl groups excluding tert-OH is 1. The Morgan fingerprint density at radius 2 is 2.06 bits per heavy atom. The van der Waals surface area contributed by atoms with Crippen LogP contribution in [0.4, 0.5) is 0 Å². The van der Waals surface area contributed by atoms with Gasteiger partial charge in [-0.3, -0.25) is 0 Å². The maximum absolute atomic E-state index is 11.4. The first kappa shape index (κ1) is 12.1. The molecule has 0 heterocycles. The maximum atomic E-state index is 11.4. The van der Waals surface area contributed by atoms with Gasteiger partial charge < -0.3 is 9.84 Å². The molecule has 1 aromatic rings. The predicted molar refractivity (Wildman–Crippen MR) is 64.7 cm³/mol. The van der Waals surface area contributed by atoms with E-state index in [-0.39, 0.29) is 12.1 Å². The molecule has 1 fully saturated rings. The van der Waals surface area contributed by atoms with Crippen molar-refractivity contribution in [3.05, 3.63) is 35.4 Å². The van der Waals surface area contributed by atoms with E-state index < -0.39 is 0 Å². The van der Waals surface area contributed by atoms with Crippen molar-refractivity contribution in [1.82, 2.24) is 0 Å². The summed E-state index contributed by atoms with van der Waals surface area (Å²) in [5.74, 6) is 0.0839. The summed E-state index contributed by atoms with van der Waals surface area (Å²) in [7, 11) is 0. The zero-order chi connectivity index (χ0) is 12.3. The van der Waals surface area contributed by atoms with Gasteiger partial charge in [-0.2, -0.15) is 0 Å². The van der Waals surface area contributed by atoms with Crippen molar-refractivity contribution < 1.29 is 14.6 Å². The molecule has 0 aliphatic heterocycles. The summed E-state index contributed by atoms with van der Waals surface area (Å²) < 4.78 is 4.91. The van der Waals surface area contributed by atoms with Gasteiger partial charge >= 0.3 is 5.97 Å². The van der Waals surface area contributed by atoms with Crippen LogP contribution in [-0.2, 0) is 4.74 Å². The Morgan fingerprint density at radius 3 is 2.53 bits per heavy atom. The van der Waals surface area contributed by atoms with Crippen LogP contribution < -0.4 is 0 Å². The van der Waals surface area contributed by atoms with Crippen LogP contribution in [0.3, 0.4) is 0 Å². The van der Waals surface area contributed by atoms with E-state index >= 15 is 0 Å². The molecule has 0 aromatic heterocycles. The fraction of sp³-hybridized carbons (Fsp3) is 0.500. The van der Waals surface area contributed by atoms with Gasteiger partial charge in [0.15, 0.2) is 0 Å². The van der Waals surface area contributed by atoms with E-state index in [0.717, 1.165) is 18.4 Å². The molecular weight excluding hydrogens is 216 g/mol. The van der Waals surface area contributed by atoms with E-state index in [1.54, 1.807) is 19.1 Å². The molecule has 1 saturated carbocycles. The minimum atomic E-state index is -0.389. The Morgan fingerprint density at radius 1 is 1.41 bits per heavy atom. The molecule has 0 saturated heterocycles. The molecule has 1 unspecified atom stereocenters. The summed E-state index contributed by atoms with van der Waals surface area (Å²) in [5, 5.41) is 10.1. The molecule has 0 radical (unpaired) electrons. The van der Waals surface area contributed by atoms with Gasteiger partial charge in [-0.15, -0.1) is 0 Å². The second-order valence-corrected chi connectivity index (χ2v) is 4.48. The van der Waals surface area contributed by atoms with Gasteiger partial charge in [0.1, 0.15) is 0 Å². The minimum absolute atomic E-state index is 0.308. The zero-order valence-corrected chi connectivity index (χ0v) is 10.1. The average molecular weight is 234 g/mol. The monoisotopic (exact) mass is 234 g/mol. The van der Waals surface area contributed by atoms with Gasteiger partial charge in [0.25, 0.3) is 0 Å². The molecule has 3 heteroatoms. The molecule has 0 spiro atoms. The molecule has 2 rings (SSSR count). The van der Waals surface area contributed by atoms with Crippen molar-refractivity contribution in [2.24, 2.45) is 5.92 Å². The van der Waals surface area contributed by atoms with Gasteiger partial charge in [-0.05, 0) is 43.4 Å². The first-order chi connectivity index (χ1) is 8.22. The second-order valence-electron chi connectivity index (χ2n) is 4.48. The van der Waals surface area contributed by atoms with E-state index in [4.69, 9.17) is 4.74 Å².